The van der Waals surface area contributed by atoms with E-state index in [0.717, 1.165) is 47.9 Å². The Morgan fingerprint density at radius 3 is 2.26 bits per heavy atom. The van der Waals surface area contributed by atoms with Crippen LogP contribution in [0.5, 0.6) is 0 Å². The lowest BCUT2D eigenvalue weighted by molar-refractivity contribution is 0.758. The molecule has 0 spiro atoms. The van der Waals surface area contributed by atoms with E-state index < -0.39 is 0 Å². The van der Waals surface area contributed by atoms with Crippen LogP contribution >= 0.6 is 0 Å². The van der Waals surface area contributed by atoms with Crippen molar-refractivity contribution >= 4 is 11.6 Å². The second-order valence-electron chi connectivity index (χ2n) is 5.94. The predicted octanol–water partition coefficient (Wildman–Crippen LogP) is 3.41. The molecule has 0 aromatic carbocycles. The topological polar surface area (TPSA) is 49.8 Å². The zero-order chi connectivity index (χ0) is 14.0. The highest BCUT2D eigenvalue weighted by Gasteiger charge is 2.32. The molecule has 0 amide bonds. The fraction of sp³-hybridized carbons (Fsp3) is 0.733. The van der Waals surface area contributed by atoms with Gasteiger partial charge in [0.1, 0.15) is 17.5 Å². The number of nitrogens with one attached hydrogen (secondary N) is 2. The lowest BCUT2D eigenvalue weighted by atomic mass is 10.2. The van der Waals surface area contributed by atoms with Gasteiger partial charge >= 0.3 is 0 Å². The van der Waals surface area contributed by atoms with Crippen molar-refractivity contribution in [3.05, 3.63) is 11.4 Å². The van der Waals surface area contributed by atoms with Crippen molar-refractivity contribution < 1.29 is 0 Å². The maximum atomic E-state index is 4.68. The van der Waals surface area contributed by atoms with Gasteiger partial charge in [-0.2, -0.15) is 0 Å². The van der Waals surface area contributed by atoms with Gasteiger partial charge in [-0.05, 0) is 32.1 Å². The van der Waals surface area contributed by atoms with E-state index in [1.54, 1.807) is 0 Å². The molecule has 106 valence electrons. The maximum Gasteiger partial charge on any atom is 0.135 e. The number of rotatable bonds is 6. The van der Waals surface area contributed by atoms with Crippen molar-refractivity contribution in [2.75, 3.05) is 23.7 Å². The Morgan fingerprint density at radius 1 is 1.21 bits per heavy atom. The normalized spacial score (nSPS) is 21.6. The van der Waals surface area contributed by atoms with Gasteiger partial charge in [-0.3, -0.25) is 0 Å². The van der Waals surface area contributed by atoms with E-state index in [0.29, 0.717) is 5.92 Å². The van der Waals surface area contributed by atoms with Crippen LogP contribution in [-0.2, 0) is 0 Å². The number of hydrogen-bond acceptors (Lipinski definition) is 4. The van der Waals surface area contributed by atoms with Crippen LogP contribution in [0.4, 0.5) is 11.6 Å². The average Bonchev–Trinajstić information content (AvgIpc) is 3.06. The summed E-state index contributed by atoms with van der Waals surface area (Å²) in [5.41, 5.74) is 1.12. The summed E-state index contributed by atoms with van der Waals surface area (Å²) in [5.74, 6) is 4.90. The first-order valence-electron chi connectivity index (χ1n) is 7.39. The molecule has 1 aromatic rings. The van der Waals surface area contributed by atoms with Gasteiger partial charge in [0, 0.05) is 24.6 Å². The van der Waals surface area contributed by atoms with Crippen molar-refractivity contribution in [3.8, 4) is 0 Å². The molecule has 2 N–H and O–H groups in total. The zero-order valence-electron chi connectivity index (χ0n) is 12.7. The predicted molar refractivity (Wildman–Crippen MR) is 80.8 cm³/mol. The molecule has 1 heterocycles. The lowest BCUT2D eigenvalue weighted by Gasteiger charge is -2.15. The Balaban J connectivity index is 2.18. The Bertz CT molecular complexity index is 442. The van der Waals surface area contributed by atoms with E-state index in [-0.39, 0.29) is 0 Å². The number of hydrogen-bond donors (Lipinski definition) is 2. The molecule has 2 rings (SSSR count). The van der Waals surface area contributed by atoms with Crippen LogP contribution in [0.3, 0.4) is 0 Å². The summed E-state index contributed by atoms with van der Waals surface area (Å²) in [6, 6.07) is 0. The summed E-state index contributed by atoms with van der Waals surface area (Å²) in [7, 11) is 0. The van der Waals surface area contributed by atoms with Gasteiger partial charge in [0.2, 0.25) is 0 Å². The van der Waals surface area contributed by atoms with Crippen molar-refractivity contribution in [3.63, 3.8) is 0 Å². The first-order valence-corrected chi connectivity index (χ1v) is 7.39. The van der Waals surface area contributed by atoms with E-state index >= 15 is 0 Å². The monoisotopic (exact) mass is 262 g/mol. The van der Waals surface area contributed by atoms with Crippen molar-refractivity contribution in [1.29, 1.82) is 0 Å². The quantitative estimate of drug-likeness (QED) is 0.825. The molecular formula is C15H26N4. The van der Waals surface area contributed by atoms with Crippen LogP contribution in [0.2, 0.25) is 0 Å². The van der Waals surface area contributed by atoms with E-state index in [9.17, 15) is 0 Å². The minimum atomic E-state index is 0.346. The molecule has 4 heteroatoms. The molecule has 0 bridgehead atoms. The maximum absolute atomic E-state index is 4.68. The van der Waals surface area contributed by atoms with E-state index in [2.05, 4.69) is 55.2 Å². The Labute approximate surface area is 116 Å². The van der Waals surface area contributed by atoms with E-state index in [1.807, 2.05) is 0 Å². The molecule has 1 aliphatic carbocycles. The zero-order valence-corrected chi connectivity index (χ0v) is 12.7. The lowest BCUT2D eigenvalue weighted by Crippen LogP contribution is -2.13. The highest BCUT2D eigenvalue weighted by molar-refractivity contribution is 5.57. The molecule has 0 radical (unpaired) electrons. The minimum Gasteiger partial charge on any atom is -0.370 e. The van der Waals surface area contributed by atoms with Crippen molar-refractivity contribution in [2.45, 2.75) is 47.0 Å². The Hall–Kier alpha value is -1.32. The van der Waals surface area contributed by atoms with Crippen LogP contribution < -0.4 is 10.6 Å². The van der Waals surface area contributed by atoms with Gasteiger partial charge in [-0.15, -0.1) is 0 Å². The molecule has 1 aliphatic rings. The van der Waals surface area contributed by atoms with Gasteiger partial charge in [0.05, 0.1) is 0 Å². The van der Waals surface area contributed by atoms with Crippen molar-refractivity contribution in [2.24, 2.45) is 11.8 Å². The van der Waals surface area contributed by atoms with Crippen LogP contribution in [0, 0.1) is 18.8 Å². The molecule has 19 heavy (non-hydrogen) atoms. The summed E-state index contributed by atoms with van der Waals surface area (Å²) in [5, 5.41) is 6.84. The molecule has 4 nitrogen and oxygen atoms in total. The molecular weight excluding hydrogens is 236 g/mol. The smallest absolute Gasteiger partial charge is 0.135 e. The largest absolute Gasteiger partial charge is 0.370 e. The Morgan fingerprint density at radius 2 is 1.79 bits per heavy atom. The molecule has 1 saturated carbocycles. The first-order chi connectivity index (χ1) is 9.02. The fourth-order valence-electron chi connectivity index (χ4n) is 2.22. The summed E-state index contributed by atoms with van der Waals surface area (Å²) in [4.78, 5) is 9.29. The fourth-order valence-corrected chi connectivity index (χ4v) is 2.22. The second-order valence-corrected chi connectivity index (χ2v) is 5.94. The van der Waals surface area contributed by atoms with Crippen LogP contribution in [0.1, 0.15) is 51.4 Å². The van der Waals surface area contributed by atoms with Gasteiger partial charge in [0.25, 0.3) is 0 Å². The summed E-state index contributed by atoms with van der Waals surface area (Å²) >= 11 is 0. The van der Waals surface area contributed by atoms with Gasteiger partial charge in [0.15, 0.2) is 0 Å². The second kappa shape index (κ2) is 5.76. The van der Waals surface area contributed by atoms with Crippen LogP contribution in [0.25, 0.3) is 0 Å². The van der Waals surface area contributed by atoms with E-state index in [4.69, 9.17) is 0 Å². The van der Waals surface area contributed by atoms with Gasteiger partial charge in [-0.25, -0.2) is 9.97 Å². The summed E-state index contributed by atoms with van der Waals surface area (Å²) in [6.07, 6.45) is 1.34. The molecule has 2 atom stereocenters. The highest BCUT2D eigenvalue weighted by Crippen LogP contribution is 2.37. The van der Waals surface area contributed by atoms with Crippen LogP contribution in [0.15, 0.2) is 0 Å². The van der Waals surface area contributed by atoms with E-state index in [1.165, 1.54) is 6.42 Å². The molecule has 2 unspecified atom stereocenters. The highest BCUT2D eigenvalue weighted by atomic mass is 15.1. The van der Waals surface area contributed by atoms with Gasteiger partial charge in [-0.1, -0.05) is 20.8 Å². The third-order valence-corrected chi connectivity index (χ3v) is 3.83. The van der Waals surface area contributed by atoms with Gasteiger partial charge < -0.3 is 10.6 Å². The average molecular weight is 262 g/mol. The standard InChI is InChI=1S/C15H26N4/c1-6-16-14-11(5)15(17-8-12-7-10(12)4)19-13(18-14)9(2)3/h9-10,12H,6-8H2,1-5H3,(H2,16,17,18,19). The molecule has 0 aliphatic heterocycles. The molecule has 0 saturated heterocycles. The Kier molecular flexibility index (Phi) is 4.27. The third-order valence-electron chi connectivity index (χ3n) is 3.83. The number of aromatic nitrogens is 2. The summed E-state index contributed by atoms with van der Waals surface area (Å²) < 4.78 is 0. The molecule has 1 aromatic heterocycles. The molecule has 1 fully saturated rings. The SMILES string of the molecule is CCNc1nc(C(C)C)nc(NCC2CC2C)c1C. The van der Waals surface area contributed by atoms with Crippen LogP contribution in [-0.4, -0.2) is 23.1 Å². The third kappa shape index (κ3) is 3.37. The first kappa shape index (κ1) is 14.1. The number of anilines is 2. The number of nitrogens with zero attached hydrogens (tertiary/aromatic N) is 2. The minimum absolute atomic E-state index is 0.346. The van der Waals surface area contributed by atoms with Crippen molar-refractivity contribution in [1.82, 2.24) is 9.97 Å². The summed E-state index contributed by atoms with van der Waals surface area (Å²) in [6.45, 7) is 12.7.